The third kappa shape index (κ3) is 2.49. The maximum Gasteiger partial charge on any atom is 0.416 e. The highest BCUT2D eigenvalue weighted by Crippen LogP contribution is 2.41. The summed E-state index contributed by atoms with van der Waals surface area (Å²) in [5.74, 6) is 0. The average molecular weight is 260 g/mol. The third-order valence-electron chi connectivity index (χ3n) is 3.51. The van der Waals surface area contributed by atoms with Crippen LogP contribution in [-0.2, 0) is 11.7 Å². The van der Waals surface area contributed by atoms with E-state index in [4.69, 9.17) is 5.73 Å². The van der Waals surface area contributed by atoms with Gasteiger partial charge in [-0.15, -0.1) is 0 Å². The Morgan fingerprint density at radius 2 is 1.94 bits per heavy atom. The van der Waals surface area contributed by atoms with E-state index >= 15 is 0 Å². The number of halogens is 3. The first-order valence-corrected chi connectivity index (χ1v) is 5.81. The van der Waals surface area contributed by atoms with E-state index < -0.39 is 23.4 Å². The van der Waals surface area contributed by atoms with Crippen molar-refractivity contribution >= 4 is 0 Å². The number of hydrogen-bond donors (Lipinski definition) is 2. The predicted octanol–water partition coefficient (Wildman–Crippen LogP) is 2.19. The minimum Gasteiger partial charge on any atom is -0.393 e. The Balaban J connectivity index is 2.39. The minimum absolute atomic E-state index is 0.0319. The molecule has 0 aromatic carbocycles. The van der Waals surface area contributed by atoms with E-state index in [9.17, 15) is 18.3 Å². The van der Waals surface area contributed by atoms with Crippen LogP contribution in [0, 0.1) is 0 Å². The number of nitrogens with zero attached hydrogens (tertiary/aromatic N) is 1. The van der Waals surface area contributed by atoms with Gasteiger partial charge in [-0.1, -0.05) is 0 Å². The van der Waals surface area contributed by atoms with Crippen molar-refractivity contribution in [3.8, 4) is 0 Å². The Bertz CT molecular complexity index is 426. The van der Waals surface area contributed by atoms with Crippen LogP contribution < -0.4 is 5.73 Å². The number of hydrogen-bond acceptors (Lipinski definition) is 3. The molecule has 1 aliphatic carbocycles. The molecule has 1 aromatic rings. The summed E-state index contributed by atoms with van der Waals surface area (Å²) in [6.45, 7) is 0. The summed E-state index contributed by atoms with van der Waals surface area (Å²) in [5.41, 5.74) is 4.35. The Labute approximate surface area is 103 Å². The van der Waals surface area contributed by atoms with Gasteiger partial charge >= 0.3 is 6.18 Å². The summed E-state index contributed by atoms with van der Waals surface area (Å²) < 4.78 is 38.8. The summed E-state index contributed by atoms with van der Waals surface area (Å²) in [6, 6.07) is 0.953. The smallest absolute Gasteiger partial charge is 0.393 e. The minimum atomic E-state index is -4.43. The van der Waals surface area contributed by atoms with Crippen molar-refractivity contribution in [2.24, 2.45) is 5.73 Å². The standard InChI is InChI=1S/C12H15F3N2O/c13-12(14,15)9-3-6-17-7-10(9)11(16)4-1-8(18)2-5-11/h3,6-8,18H,1-2,4-5,16H2. The lowest BCUT2D eigenvalue weighted by Crippen LogP contribution is -2.43. The summed E-state index contributed by atoms with van der Waals surface area (Å²) >= 11 is 0. The van der Waals surface area contributed by atoms with Gasteiger partial charge in [0.2, 0.25) is 0 Å². The highest BCUT2D eigenvalue weighted by atomic mass is 19.4. The monoisotopic (exact) mass is 260 g/mol. The van der Waals surface area contributed by atoms with Gasteiger partial charge in [0.25, 0.3) is 0 Å². The van der Waals surface area contributed by atoms with Crippen LogP contribution in [0.1, 0.15) is 36.8 Å². The fourth-order valence-corrected chi connectivity index (χ4v) is 2.43. The fraction of sp³-hybridized carbons (Fsp3) is 0.583. The van der Waals surface area contributed by atoms with Crippen molar-refractivity contribution in [1.82, 2.24) is 4.98 Å². The number of nitrogens with two attached hydrogens (primary N) is 1. The molecule has 1 fully saturated rings. The zero-order valence-corrected chi connectivity index (χ0v) is 9.74. The number of aliphatic hydroxyl groups excluding tert-OH is 1. The first-order chi connectivity index (χ1) is 8.33. The molecule has 0 aliphatic heterocycles. The predicted molar refractivity (Wildman–Crippen MR) is 59.6 cm³/mol. The molecule has 3 nitrogen and oxygen atoms in total. The summed E-state index contributed by atoms with van der Waals surface area (Å²) in [7, 11) is 0. The highest BCUT2D eigenvalue weighted by molar-refractivity contribution is 5.33. The van der Waals surface area contributed by atoms with Crippen LogP contribution in [0.25, 0.3) is 0 Å². The van der Waals surface area contributed by atoms with Gasteiger partial charge in [-0.2, -0.15) is 13.2 Å². The molecule has 0 radical (unpaired) electrons. The van der Waals surface area contributed by atoms with E-state index in [2.05, 4.69) is 4.98 Å². The second-order valence-electron chi connectivity index (χ2n) is 4.81. The average Bonchev–Trinajstić information content (AvgIpc) is 2.32. The molecule has 1 aliphatic rings. The molecule has 3 N–H and O–H groups in total. The quantitative estimate of drug-likeness (QED) is 0.813. The summed E-state index contributed by atoms with van der Waals surface area (Å²) in [4.78, 5) is 3.76. The molecule has 100 valence electrons. The number of aromatic nitrogens is 1. The van der Waals surface area contributed by atoms with Gasteiger partial charge < -0.3 is 10.8 Å². The summed E-state index contributed by atoms with van der Waals surface area (Å²) in [5, 5.41) is 9.42. The largest absolute Gasteiger partial charge is 0.416 e. The van der Waals surface area contributed by atoms with E-state index in [1.807, 2.05) is 0 Å². The van der Waals surface area contributed by atoms with Gasteiger partial charge in [-0.05, 0) is 31.7 Å². The Morgan fingerprint density at radius 1 is 1.33 bits per heavy atom. The number of alkyl halides is 3. The van der Waals surface area contributed by atoms with Gasteiger partial charge in [-0.25, -0.2) is 0 Å². The van der Waals surface area contributed by atoms with Crippen molar-refractivity contribution in [3.05, 3.63) is 29.6 Å². The van der Waals surface area contributed by atoms with Crippen LogP contribution in [0.2, 0.25) is 0 Å². The Hall–Kier alpha value is -1.14. The van der Waals surface area contributed by atoms with Gasteiger partial charge in [0.05, 0.1) is 11.7 Å². The van der Waals surface area contributed by atoms with Crippen molar-refractivity contribution in [1.29, 1.82) is 0 Å². The molecule has 0 atom stereocenters. The lowest BCUT2D eigenvalue weighted by molar-refractivity contribution is -0.139. The second-order valence-corrected chi connectivity index (χ2v) is 4.81. The molecule has 0 bridgehead atoms. The van der Waals surface area contributed by atoms with E-state index in [1.54, 1.807) is 0 Å². The van der Waals surface area contributed by atoms with Crippen LogP contribution in [-0.4, -0.2) is 16.2 Å². The topological polar surface area (TPSA) is 59.1 Å². The lowest BCUT2D eigenvalue weighted by Gasteiger charge is -2.37. The molecule has 0 unspecified atom stereocenters. The van der Waals surface area contributed by atoms with Crippen LogP contribution in [0.5, 0.6) is 0 Å². The first kappa shape index (κ1) is 13.3. The van der Waals surface area contributed by atoms with E-state index in [0.29, 0.717) is 25.7 Å². The van der Waals surface area contributed by atoms with Crippen molar-refractivity contribution < 1.29 is 18.3 Å². The van der Waals surface area contributed by atoms with Gasteiger partial charge in [0.1, 0.15) is 0 Å². The number of pyridine rings is 1. The molecule has 0 spiro atoms. The fourth-order valence-electron chi connectivity index (χ4n) is 2.43. The molecule has 18 heavy (non-hydrogen) atoms. The van der Waals surface area contributed by atoms with Crippen LogP contribution in [0.3, 0.4) is 0 Å². The molecule has 1 saturated carbocycles. The maximum atomic E-state index is 12.9. The van der Waals surface area contributed by atoms with Crippen molar-refractivity contribution in [3.63, 3.8) is 0 Å². The Kier molecular flexibility index (Phi) is 3.33. The van der Waals surface area contributed by atoms with Gasteiger partial charge in [0.15, 0.2) is 0 Å². The molecule has 1 heterocycles. The molecular formula is C12H15F3N2O. The van der Waals surface area contributed by atoms with Crippen LogP contribution in [0.15, 0.2) is 18.5 Å². The molecule has 0 amide bonds. The second kappa shape index (κ2) is 4.51. The van der Waals surface area contributed by atoms with Gasteiger partial charge in [-0.3, -0.25) is 4.98 Å². The van der Waals surface area contributed by atoms with Gasteiger partial charge in [0, 0.05) is 23.5 Å². The lowest BCUT2D eigenvalue weighted by atomic mass is 9.75. The van der Waals surface area contributed by atoms with Crippen LogP contribution in [0.4, 0.5) is 13.2 Å². The van der Waals surface area contributed by atoms with Crippen LogP contribution >= 0.6 is 0 Å². The molecule has 0 saturated heterocycles. The summed E-state index contributed by atoms with van der Waals surface area (Å²) in [6.07, 6.45) is -1.07. The normalized spacial score (nSPS) is 29.3. The molecule has 2 rings (SSSR count). The zero-order valence-electron chi connectivity index (χ0n) is 9.74. The molecule has 1 aromatic heterocycles. The first-order valence-electron chi connectivity index (χ1n) is 5.81. The van der Waals surface area contributed by atoms with E-state index in [0.717, 1.165) is 12.3 Å². The number of rotatable bonds is 1. The third-order valence-corrected chi connectivity index (χ3v) is 3.51. The highest BCUT2D eigenvalue weighted by Gasteiger charge is 2.41. The van der Waals surface area contributed by atoms with E-state index in [1.165, 1.54) is 6.20 Å². The van der Waals surface area contributed by atoms with Crippen molar-refractivity contribution in [2.45, 2.75) is 43.5 Å². The molecule has 6 heteroatoms. The Morgan fingerprint density at radius 3 is 2.50 bits per heavy atom. The number of aliphatic hydroxyl groups is 1. The molecular weight excluding hydrogens is 245 g/mol. The zero-order chi connectivity index (χ0) is 13.4. The SMILES string of the molecule is NC1(c2cnccc2C(F)(F)F)CCC(O)CC1. The maximum absolute atomic E-state index is 12.9. The van der Waals surface area contributed by atoms with Crippen molar-refractivity contribution in [2.75, 3.05) is 0 Å². The van der Waals surface area contributed by atoms with E-state index in [-0.39, 0.29) is 5.56 Å².